The Morgan fingerprint density at radius 3 is 2.44 bits per heavy atom. The van der Waals surface area contributed by atoms with E-state index >= 15 is 0 Å². The second-order valence-corrected chi connectivity index (χ2v) is 6.01. The fourth-order valence-corrected chi connectivity index (χ4v) is 2.96. The van der Waals surface area contributed by atoms with E-state index in [-0.39, 0.29) is 5.15 Å². The Kier molecular flexibility index (Phi) is 4.14. The molecule has 0 aliphatic heterocycles. The molecule has 2 aromatic carbocycles. The van der Waals surface area contributed by atoms with Crippen LogP contribution in [0.3, 0.4) is 0 Å². The van der Waals surface area contributed by atoms with Gasteiger partial charge in [0, 0.05) is 23.3 Å². The number of aliphatic hydroxyl groups excluding tert-OH is 1. The summed E-state index contributed by atoms with van der Waals surface area (Å²) < 4.78 is 0. The van der Waals surface area contributed by atoms with Crippen molar-refractivity contribution in [1.82, 2.24) is 15.0 Å². The first-order valence-corrected chi connectivity index (χ1v) is 8.21. The maximum absolute atomic E-state index is 10.6. The highest BCUT2D eigenvalue weighted by molar-refractivity contribution is 6.30. The second-order valence-electron chi connectivity index (χ2n) is 5.65. The van der Waals surface area contributed by atoms with Gasteiger partial charge >= 0.3 is 0 Å². The van der Waals surface area contributed by atoms with Crippen LogP contribution < -0.4 is 0 Å². The molecule has 0 aliphatic rings. The number of aliphatic hydroxyl groups is 1. The van der Waals surface area contributed by atoms with Gasteiger partial charge in [0.1, 0.15) is 11.8 Å². The van der Waals surface area contributed by atoms with E-state index in [0.29, 0.717) is 11.3 Å². The molecule has 4 rings (SSSR count). The first-order valence-electron chi connectivity index (χ1n) is 7.83. The predicted molar refractivity (Wildman–Crippen MR) is 98.3 cm³/mol. The molecule has 0 fully saturated rings. The highest BCUT2D eigenvalue weighted by atomic mass is 35.5. The summed E-state index contributed by atoms with van der Waals surface area (Å²) >= 11 is 6.04. The quantitative estimate of drug-likeness (QED) is 0.595. The largest absolute Gasteiger partial charge is 0.382 e. The lowest BCUT2D eigenvalue weighted by molar-refractivity contribution is 0.215. The number of benzene rings is 2. The van der Waals surface area contributed by atoms with Crippen LogP contribution in [0.2, 0.25) is 5.15 Å². The number of hydrogen-bond acceptors (Lipinski definition) is 4. The lowest BCUT2D eigenvalue weighted by Gasteiger charge is -2.12. The van der Waals surface area contributed by atoms with Crippen molar-refractivity contribution in [3.63, 3.8) is 0 Å². The Hall–Kier alpha value is -2.82. The predicted octanol–water partition coefficient (Wildman–Crippen LogP) is 4.43. The van der Waals surface area contributed by atoms with E-state index < -0.39 is 6.10 Å². The standard InChI is InChI=1S/C20H14ClN3O/c21-20-18(22-10-11-23-20)19(25)15-7-6-14-8-9-16(24-17(14)12-15)13-4-2-1-3-5-13/h1-12,19,25H. The van der Waals surface area contributed by atoms with Crippen molar-refractivity contribution in [3.05, 3.63) is 89.5 Å². The van der Waals surface area contributed by atoms with Crippen LogP contribution in [0.15, 0.2) is 73.1 Å². The topological polar surface area (TPSA) is 58.9 Å². The van der Waals surface area contributed by atoms with Crippen LogP contribution in [0.4, 0.5) is 0 Å². The summed E-state index contributed by atoms with van der Waals surface area (Å²) in [7, 11) is 0. The van der Waals surface area contributed by atoms with Gasteiger partial charge in [0.25, 0.3) is 0 Å². The summed E-state index contributed by atoms with van der Waals surface area (Å²) in [6.45, 7) is 0. The van der Waals surface area contributed by atoms with Crippen LogP contribution in [-0.4, -0.2) is 20.1 Å². The molecule has 4 aromatic rings. The number of pyridine rings is 1. The van der Waals surface area contributed by atoms with E-state index in [1.165, 1.54) is 12.4 Å². The van der Waals surface area contributed by atoms with Crippen LogP contribution in [0, 0.1) is 0 Å². The Morgan fingerprint density at radius 2 is 1.64 bits per heavy atom. The fourth-order valence-electron chi connectivity index (χ4n) is 2.75. The average Bonchev–Trinajstić information content (AvgIpc) is 2.67. The number of fused-ring (bicyclic) bond motifs is 1. The van der Waals surface area contributed by atoms with Crippen molar-refractivity contribution in [1.29, 1.82) is 0 Å². The molecular weight excluding hydrogens is 334 g/mol. The molecule has 1 atom stereocenters. The van der Waals surface area contributed by atoms with Gasteiger partial charge in [-0.1, -0.05) is 60.1 Å². The number of halogens is 1. The lowest BCUT2D eigenvalue weighted by atomic mass is 10.0. The molecule has 0 saturated carbocycles. The van der Waals surface area contributed by atoms with Gasteiger partial charge in [-0.3, -0.25) is 4.98 Å². The third-order valence-corrected chi connectivity index (χ3v) is 4.33. The van der Waals surface area contributed by atoms with E-state index in [2.05, 4.69) is 9.97 Å². The smallest absolute Gasteiger partial charge is 0.153 e. The average molecular weight is 348 g/mol. The van der Waals surface area contributed by atoms with Crippen LogP contribution >= 0.6 is 11.6 Å². The molecule has 2 aromatic heterocycles. The molecule has 122 valence electrons. The van der Waals surface area contributed by atoms with E-state index in [1.807, 2.05) is 60.7 Å². The Morgan fingerprint density at radius 1 is 0.880 bits per heavy atom. The molecule has 0 radical (unpaired) electrons. The molecule has 4 nitrogen and oxygen atoms in total. The summed E-state index contributed by atoms with van der Waals surface area (Å²) in [5.74, 6) is 0. The summed E-state index contributed by atoms with van der Waals surface area (Å²) in [4.78, 5) is 12.8. The number of nitrogens with zero attached hydrogens (tertiary/aromatic N) is 3. The normalized spacial score (nSPS) is 12.2. The molecule has 0 bridgehead atoms. The summed E-state index contributed by atoms with van der Waals surface area (Å²) in [5.41, 5.74) is 3.75. The van der Waals surface area contributed by atoms with Gasteiger partial charge in [0.15, 0.2) is 5.15 Å². The maximum atomic E-state index is 10.6. The SMILES string of the molecule is OC(c1ccc2ccc(-c3ccccc3)nc2c1)c1nccnc1Cl. The fraction of sp³-hybridized carbons (Fsp3) is 0.0500. The van der Waals surface area contributed by atoms with Crippen molar-refractivity contribution in [2.45, 2.75) is 6.10 Å². The van der Waals surface area contributed by atoms with E-state index in [1.54, 1.807) is 0 Å². The van der Waals surface area contributed by atoms with Crippen LogP contribution in [0.1, 0.15) is 17.4 Å². The lowest BCUT2D eigenvalue weighted by Crippen LogP contribution is -2.04. The second kappa shape index (κ2) is 6.59. The molecule has 0 aliphatic carbocycles. The van der Waals surface area contributed by atoms with Gasteiger partial charge in [-0.25, -0.2) is 9.97 Å². The number of aromatic nitrogens is 3. The molecule has 1 unspecified atom stereocenters. The molecule has 1 N–H and O–H groups in total. The Labute approximate surface area is 149 Å². The third kappa shape index (κ3) is 3.09. The van der Waals surface area contributed by atoms with Gasteiger partial charge in [0.2, 0.25) is 0 Å². The molecule has 0 saturated heterocycles. The first kappa shape index (κ1) is 15.7. The van der Waals surface area contributed by atoms with E-state index in [0.717, 1.165) is 22.2 Å². The molecule has 25 heavy (non-hydrogen) atoms. The summed E-state index contributed by atoms with van der Waals surface area (Å²) in [6.07, 6.45) is 2.05. The molecule has 0 amide bonds. The minimum absolute atomic E-state index is 0.195. The monoisotopic (exact) mass is 347 g/mol. The molecule has 2 heterocycles. The zero-order valence-electron chi connectivity index (χ0n) is 13.2. The van der Waals surface area contributed by atoms with Crippen LogP contribution in [-0.2, 0) is 0 Å². The van der Waals surface area contributed by atoms with Crippen LogP contribution in [0.5, 0.6) is 0 Å². The van der Waals surface area contributed by atoms with E-state index in [9.17, 15) is 5.11 Å². The van der Waals surface area contributed by atoms with E-state index in [4.69, 9.17) is 16.6 Å². The van der Waals surface area contributed by atoms with Crippen molar-refractivity contribution in [2.24, 2.45) is 0 Å². The molecular formula is C20H14ClN3O. The van der Waals surface area contributed by atoms with Gasteiger partial charge in [-0.15, -0.1) is 0 Å². The first-order chi connectivity index (χ1) is 12.2. The minimum atomic E-state index is -0.951. The van der Waals surface area contributed by atoms with Gasteiger partial charge < -0.3 is 5.11 Å². The Bertz CT molecular complexity index is 1040. The van der Waals surface area contributed by atoms with Crippen molar-refractivity contribution in [2.75, 3.05) is 0 Å². The summed E-state index contributed by atoms with van der Waals surface area (Å²) in [6, 6.07) is 19.6. The summed E-state index contributed by atoms with van der Waals surface area (Å²) in [5, 5.41) is 11.8. The zero-order valence-corrected chi connectivity index (χ0v) is 13.9. The van der Waals surface area contributed by atoms with Crippen molar-refractivity contribution < 1.29 is 5.11 Å². The van der Waals surface area contributed by atoms with Gasteiger partial charge in [-0.05, 0) is 17.7 Å². The maximum Gasteiger partial charge on any atom is 0.153 e. The van der Waals surface area contributed by atoms with Crippen LogP contribution in [0.25, 0.3) is 22.2 Å². The van der Waals surface area contributed by atoms with Gasteiger partial charge in [-0.2, -0.15) is 0 Å². The highest BCUT2D eigenvalue weighted by Gasteiger charge is 2.16. The van der Waals surface area contributed by atoms with Crippen molar-refractivity contribution >= 4 is 22.5 Å². The highest BCUT2D eigenvalue weighted by Crippen LogP contribution is 2.28. The van der Waals surface area contributed by atoms with Crippen molar-refractivity contribution in [3.8, 4) is 11.3 Å². The minimum Gasteiger partial charge on any atom is -0.382 e. The number of hydrogen-bond donors (Lipinski definition) is 1. The molecule has 5 heteroatoms. The zero-order chi connectivity index (χ0) is 17.2. The van der Waals surface area contributed by atoms with Gasteiger partial charge in [0.05, 0.1) is 11.2 Å². The Balaban J connectivity index is 1.78. The molecule has 0 spiro atoms. The number of rotatable bonds is 3. The third-order valence-electron chi connectivity index (χ3n) is 4.04.